The molecule has 1 aromatic rings. The Morgan fingerprint density at radius 1 is 1.41 bits per heavy atom. The third-order valence-corrected chi connectivity index (χ3v) is 5.06. The standard InChI is InChI=1S/C11H17Cl2N3S/c1-15(6-7-16-4-2-3-5-16)11-14-10(13)9(8-12)17-11/h2-8H2,1H3. The zero-order chi connectivity index (χ0) is 12.3. The van der Waals surface area contributed by atoms with Gasteiger partial charge in [0, 0.05) is 20.1 Å². The highest BCUT2D eigenvalue weighted by Gasteiger charge is 2.15. The topological polar surface area (TPSA) is 19.4 Å². The average Bonchev–Trinajstić information content (AvgIpc) is 2.94. The fraction of sp³-hybridized carbons (Fsp3) is 0.727. The summed E-state index contributed by atoms with van der Waals surface area (Å²) in [6.45, 7) is 4.56. The number of rotatable bonds is 5. The Morgan fingerprint density at radius 2 is 2.12 bits per heavy atom. The van der Waals surface area contributed by atoms with Gasteiger partial charge in [0.25, 0.3) is 0 Å². The van der Waals surface area contributed by atoms with E-state index in [9.17, 15) is 0 Å². The molecule has 6 heteroatoms. The Kier molecular flexibility index (Phi) is 4.91. The molecule has 0 spiro atoms. The van der Waals surface area contributed by atoms with Gasteiger partial charge in [-0.15, -0.1) is 11.6 Å². The molecule has 0 unspecified atom stereocenters. The van der Waals surface area contributed by atoms with Crippen molar-refractivity contribution in [2.75, 3.05) is 38.1 Å². The lowest BCUT2D eigenvalue weighted by Crippen LogP contribution is -2.31. The minimum atomic E-state index is 0.441. The quantitative estimate of drug-likeness (QED) is 0.778. The van der Waals surface area contributed by atoms with Gasteiger partial charge in [-0.3, -0.25) is 0 Å². The van der Waals surface area contributed by atoms with Crippen LogP contribution in [0.25, 0.3) is 0 Å². The fourth-order valence-electron chi connectivity index (χ4n) is 1.96. The number of nitrogens with zero attached hydrogens (tertiary/aromatic N) is 3. The van der Waals surface area contributed by atoms with E-state index in [1.165, 1.54) is 25.9 Å². The Morgan fingerprint density at radius 3 is 2.71 bits per heavy atom. The molecule has 1 aliphatic rings. The monoisotopic (exact) mass is 293 g/mol. The maximum atomic E-state index is 5.99. The first-order valence-electron chi connectivity index (χ1n) is 5.85. The number of aromatic nitrogens is 1. The van der Waals surface area contributed by atoms with Gasteiger partial charge in [0.1, 0.15) is 5.15 Å². The van der Waals surface area contributed by atoms with E-state index in [1.54, 1.807) is 11.3 Å². The van der Waals surface area contributed by atoms with E-state index in [0.717, 1.165) is 23.1 Å². The van der Waals surface area contributed by atoms with E-state index in [1.807, 2.05) is 0 Å². The molecule has 0 bridgehead atoms. The largest absolute Gasteiger partial charge is 0.350 e. The van der Waals surface area contributed by atoms with Crippen LogP contribution in [0.2, 0.25) is 5.15 Å². The third-order valence-electron chi connectivity index (χ3n) is 3.04. The summed E-state index contributed by atoms with van der Waals surface area (Å²) in [6.07, 6.45) is 2.67. The molecular formula is C11H17Cl2N3S. The molecule has 1 saturated heterocycles. The normalized spacial score (nSPS) is 16.6. The molecule has 3 nitrogen and oxygen atoms in total. The average molecular weight is 294 g/mol. The predicted molar refractivity (Wildman–Crippen MR) is 75.6 cm³/mol. The number of alkyl halides is 1. The predicted octanol–water partition coefficient (Wildman–Crippen LogP) is 3.07. The first-order chi connectivity index (χ1) is 8.20. The zero-order valence-electron chi connectivity index (χ0n) is 9.96. The smallest absolute Gasteiger partial charge is 0.186 e. The van der Waals surface area contributed by atoms with Gasteiger partial charge in [-0.25, -0.2) is 4.98 Å². The van der Waals surface area contributed by atoms with Gasteiger partial charge in [0.05, 0.1) is 10.8 Å². The molecule has 0 atom stereocenters. The van der Waals surface area contributed by atoms with Gasteiger partial charge in [-0.2, -0.15) is 0 Å². The minimum absolute atomic E-state index is 0.441. The number of likely N-dealkylation sites (N-methyl/N-ethyl adjacent to an activating group) is 1. The molecule has 0 N–H and O–H groups in total. The summed E-state index contributed by atoms with van der Waals surface area (Å²) in [5.74, 6) is 0.441. The van der Waals surface area contributed by atoms with Crippen LogP contribution in [0.4, 0.5) is 5.13 Å². The highest BCUT2D eigenvalue weighted by atomic mass is 35.5. The summed E-state index contributed by atoms with van der Waals surface area (Å²) in [6, 6.07) is 0. The molecule has 0 saturated carbocycles. The Balaban J connectivity index is 1.87. The third kappa shape index (κ3) is 3.47. The van der Waals surface area contributed by atoms with Crippen molar-refractivity contribution >= 4 is 39.7 Å². The van der Waals surface area contributed by atoms with Crippen molar-refractivity contribution in [3.05, 3.63) is 10.0 Å². The second-order valence-electron chi connectivity index (χ2n) is 4.31. The van der Waals surface area contributed by atoms with Crippen molar-refractivity contribution in [3.63, 3.8) is 0 Å². The molecule has 2 heterocycles. The summed E-state index contributed by atoms with van der Waals surface area (Å²) >= 11 is 13.4. The summed E-state index contributed by atoms with van der Waals surface area (Å²) < 4.78 is 0. The van der Waals surface area contributed by atoms with Gasteiger partial charge in [0.2, 0.25) is 0 Å². The molecule has 0 amide bonds. The number of halogens is 2. The number of thiazole rings is 1. The van der Waals surface area contributed by atoms with Gasteiger partial charge >= 0.3 is 0 Å². The van der Waals surface area contributed by atoms with Crippen molar-refractivity contribution < 1.29 is 0 Å². The van der Waals surface area contributed by atoms with Gasteiger partial charge in [-0.05, 0) is 25.9 Å². The second-order valence-corrected chi connectivity index (χ2v) is 6.00. The van der Waals surface area contributed by atoms with Crippen molar-refractivity contribution in [2.45, 2.75) is 18.7 Å². The fourth-order valence-corrected chi connectivity index (χ4v) is 3.42. The molecular weight excluding hydrogens is 277 g/mol. The number of likely N-dealkylation sites (tertiary alicyclic amines) is 1. The second kappa shape index (κ2) is 6.23. The molecule has 2 rings (SSSR count). The Labute approximate surface area is 116 Å². The van der Waals surface area contributed by atoms with Crippen LogP contribution < -0.4 is 4.90 Å². The molecule has 0 aliphatic carbocycles. The van der Waals surface area contributed by atoms with E-state index in [0.29, 0.717) is 11.0 Å². The van der Waals surface area contributed by atoms with E-state index in [-0.39, 0.29) is 0 Å². The molecule has 1 aromatic heterocycles. The van der Waals surface area contributed by atoms with Crippen LogP contribution in [0, 0.1) is 0 Å². The maximum absolute atomic E-state index is 5.99. The lowest BCUT2D eigenvalue weighted by molar-refractivity contribution is 0.346. The molecule has 96 valence electrons. The molecule has 0 radical (unpaired) electrons. The van der Waals surface area contributed by atoms with Crippen LogP contribution in [0.3, 0.4) is 0 Å². The van der Waals surface area contributed by atoms with Gasteiger partial charge in [0.15, 0.2) is 5.13 Å². The molecule has 1 fully saturated rings. The minimum Gasteiger partial charge on any atom is -0.350 e. The summed E-state index contributed by atoms with van der Waals surface area (Å²) in [4.78, 5) is 9.94. The van der Waals surface area contributed by atoms with Crippen LogP contribution in [-0.2, 0) is 5.88 Å². The van der Waals surface area contributed by atoms with Crippen molar-refractivity contribution in [1.29, 1.82) is 0 Å². The van der Waals surface area contributed by atoms with Gasteiger partial charge < -0.3 is 9.80 Å². The number of hydrogen-bond donors (Lipinski definition) is 0. The van der Waals surface area contributed by atoms with Crippen molar-refractivity contribution in [1.82, 2.24) is 9.88 Å². The first kappa shape index (κ1) is 13.4. The summed E-state index contributed by atoms with van der Waals surface area (Å²) in [7, 11) is 2.06. The van der Waals surface area contributed by atoms with E-state index >= 15 is 0 Å². The Hall–Kier alpha value is -0.0300. The van der Waals surface area contributed by atoms with Crippen molar-refractivity contribution in [2.24, 2.45) is 0 Å². The summed E-state index contributed by atoms with van der Waals surface area (Å²) in [5.41, 5.74) is 0. The lowest BCUT2D eigenvalue weighted by Gasteiger charge is -2.20. The van der Waals surface area contributed by atoms with Crippen LogP contribution in [0.15, 0.2) is 0 Å². The number of hydrogen-bond acceptors (Lipinski definition) is 4. The highest BCUT2D eigenvalue weighted by Crippen LogP contribution is 2.30. The first-order valence-corrected chi connectivity index (χ1v) is 7.58. The van der Waals surface area contributed by atoms with Gasteiger partial charge in [-0.1, -0.05) is 22.9 Å². The zero-order valence-corrected chi connectivity index (χ0v) is 12.3. The summed E-state index contributed by atoms with van der Waals surface area (Å²) in [5, 5.41) is 1.51. The molecule has 0 aromatic carbocycles. The van der Waals surface area contributed by atoms with E-state index < -0.39 is 0 Å². The van der Waals surface area contributed by atoms with Crippen LogP contribution in [0.5, 0.6) is 0 Å². The number of anilines is 1. The van der Waals surface area contributed by atoms with Crippen LogP contribution in [-0.4, -0.2) is 43.1 Å². The Bertz CT molecular complexity index is 364. The van der Waals surface area contributed by atoms with Crippen LogP contribution >= 0.6 is 34.5 Å². The molecule has 17 heavy (non-hydrogen) atoms. The molecule has 1 aliphatic heterocycles. The van der Waals surface area contributed by atoms with E-state index in [2.05, 4.69) is 21.8 Å². The highest BCUT2D eigenvalue weighted by molar-refractivity contribution is 7.16. The SMILES string of the molecule is CN(CCN1CCCC1)c1nc(Cl)c(CCl)s1. The maximum Gasteiger partial charge on any atom is 0.186 e. The van der Waals surface area contributed by atoms with Crippen LogP contribution in [0.1, 0.15) is 17.7 Å². The lowest BCUT2D eigenvalue weighted by atomic mass is 10.4. The van der Waals surface area contributed by atoms with Crippen molar-refractivity contribution in [3.8, 4) is 0 Å². The van der Waals surface area contributed by atoms with E-state index in [4.69, 9.17) is 23.2 Å².